The number of nitrogens with zero attached hydrogens (tertiary/aromatic N) is 5. The fourth-order valence-electron chi connectivity index (χ4n) is 5.42. The molecule has 1 N–H and O–H groups in total. The summed E-state index contributed by atoms with van der Waals surface area (Å²) in [4.78, 5) is 24.2. The van der Waals surface area contributed by atoms with Crippen LogP contribution in [0.25, 0.3) is 5.57 Å². The van der Waals surface area contributed by atoms with Gasteiger partial charge >= 0.3 is 6.03 Å². The Kier molecular flexibility index (Phi) is 10.2. The van der Waals surface area contributed by atoms with E-state index in [1.54, 1.807) is 30.5 Å². The third-order valence-electron chi connectivity index (χ3n) is 7.62. The van der Waals surface area contributed by atoms with E-state index in [0.29, 0.717) is 35.9 Å². The smallest absolute Gasteiger partial charge is 0.321 e. The van der Waals surface area contributed by atoms with E-state index in [1.807, 2.05) is 43.3 Å². The van der Waals surface area contributed by atoms with E-state index >= 15 is 0 Å². The second kappa shape index (κ2) is 14.0. The molecule has 2 aromatic carbocycles. The summed E-state index contributed by atoms with van der Waals surface area (Å²) < 4.78 is 2.08. The van der Waals surface area contributed by atoms with Gasteiger partial charge in [0.05, 0.1) is 11.6 Å². The first-order chi connectivity index (χ1) is 19.8. The van der Waals surface area contributed by atoms with Crippen LogP contribution in [-0.4, -0.2) is 39.8 Å². The van der Waals surface area contributed by atoms with Crippen LogP contribution >= 0.6 is 11.6 Å². The maximum absolute atomic E-state index is 13.0. The molecule has 0 radical (unpaired) electrons. The number of hydrogen-bond acceptors (Lipinski definition) is 4. The normalized spacial score (nSPS) is 15.1. The molecule has 1 aliphatic rings. The number of allylic oxidation sites excluding steroid dienone is 3. The Morgan fingerprint density at radius 3 is 2.61 bits per heavy atom. The average molecular weight is 569 g/mol. The van der Waals surface area contributed by atoms with Crippen LogP contribution in [0.4, 0.5) is 10.5 Å². The predicted octanol–water partition coefficient (Wildman–Crippen LogP) is 7.84. The van der Waals surface area contributed by atoms with Crippen LogP contribution in [0.2, 0.25) is 5.02 Å². The molecule has 1 aliphatic heterocycles. The van der Waals surface area contributed by atoms with E-state index in [9.17, 15) is 4.79 Å². The molecule has 2 amide bonds. The first-order valence-corrected chi connectivity index (χ1v) is 14.4. The number of imidazole rings is 1. The van der Waals surface area contributed by atoms with Crippen LogP contribution < -0.4 is 5.32 Å². The Morgan fingerprint density at radius 2 is 2.00 bits per heavy atom. The van der Waals surface area contributed by atoms with Crippen LogP contribution in [0, 0.1) is 24.2 Å². The summed E-state index contributed by atoms with van der Waals surface area (Å²) >= 11 is 6.53. The van der Waals surface area contributed by atoms with Gasteiger partial charge in [-0.1, -0.05) is 37.2 Å². The van der Waals surface area contributed by atoms with Gasteiger partial charge in [0.2, 0.25) is 0 Å². The number of aromatic nitrogens is 2. The third-order valence-corrected chi connectivity index (χ3v) is 7.85. The van der Waals surface area contributed by atoms with Crippen LogP contribution in [-0.2, 0) is 6.54 Å². The summed E-state index contributed by atoms with van der Waals surface area (Å²) in [7, 11) is 0. The van der Waals surface area contributed by atoms with Crippen molar-refractivity contribution in [2.24, 2.45) is 10.9 Å². The minimum absolute atomic E-state index is 0.0273. The molecule has 0 bridgehead atoms. The summed E-state index contributed by atoms with van der Waals surface area (Å²) in [5.41, 5.74) is 5.40. The minimum atomic E-state index is -0.128. The molecule has 2 heterocycles. The molecule has 1 fully saturated rings. The molecule has 0 aliphatic carbocycles. The van der Waals surface area contributed by atoms with Gasteiger partial charge in [-0.3, -0.25) is 4.99 Å². The van der Waals surface area contributed by atoms with Gasteiger partial charge in [0.15, 0.2) is 0 Å². The fourth-order valence-corrected chi connectivity index (χ4v) is 5.59. The van der Waals surface area contributed by atoms with Gasteiger partial charge in [0.1, 0.15) is 5.82 Å². The van der Waals surface area contributed by atoms with Crippen molar-refractivity contribution >= 4 is 35.1 Å². The van der Waals surface area contributed by atoms with Gasteiger partial charge in [-0.2, -0.15) is 5.26 Å². The van der Waals surface area contributed by atoms with E-state index in [-0.39, 0.29) is 17.9 Å². The average Bonchev–Trinajstić information content (AvgIpc) is 3.39. The number of benzene rings is 2. The molecule has 212 valence electrons. The number of rotatable bonds is 9. The highest BCUT2D eigenvalue weighted by atomic mass is 35.5. The number of aryl methyl sites for hydroxylation is 1. The highest BCUT2D eigenvalue weighted by molar-refractivity contribution is 6.30. The monoisotopic (exact) mass is 568 g/mol. The summed E-state index contributed by atoms with van der Waals surface area (Å²) in [6.07, 6.45) is 10.3. The lowest BCUT2D eigenvalue weighted by molar-refractivity contribution is 0.177. The maximum Gasteiger partial charge on any atom is 0.321 e. The van der Waals surface area contributed by atoms with Crippen LogP contribution in [0.1, 0.15) is 61.5 Å². The lowest BCUT2D eigenvalue weighted by atomic mass is 9.75. The van der Waals surface area contributed by atoms with Crippen LogP contribution in [0.3, 0.4) is 0 Å². The molecule has 1 unspecified atom stereocenters. The van der Waals surface area contributed by atoms with E-state index < -0.39 is 0 Å². The van der Waals surface area contributed by atoms with Crippen molar-refractivity contribution in [3.8, 4) is 6.07 Å². The fraction of sp³-hybridized carbons (Fsp3) is 0.333. The Bertz CT molecular complexity index is 1470. The summed E-state index contributed by atoms with van der Waals surface area (Å²) in [6, 6.07) is 14.9. The molecule has 1 atom stereocenters. The van der Waals surface area contributed by atoms with E-state index in [2.05, 4.69) is 46.6 Å². The number of piperidine rings is 1. The molecule has 8 heteroatoms. The molecule has 1 aromatic heterocycles. The minimum Gasteiger partial charge on any atom is -0.331 e. The predicted molar refractivity (Wildman–Crippen MR) is 167 cm³/mol. The zero-order valence-corrected chi connectivity index (χ0v) is 24.7. The molecular weight excluding hydrogens is 532 g/mol. The Hall–Kier alpha value is -4.15. The van der Waals surface area contributed by atoms with Crippen molar-refractivity contribution in [3.05, 3.63) is 101 Å². The molecule has 7 nitrogen and oxygen atoms in total. The Labute approximate surface area is 247 Å². The summed E-state index contributed by atoms with van der Waals surface area (Å²) in [5.74, 6) is 1.23. The number of nitrogens with one attached hydrogen (secondary N) is 1. The topological polar surface area (TPSA) is 86.3 Å². The lowest BCUT2D eigenvalue weighted by Gasteiger charge is -2.37. The number of carbonyl (C=O) groups is 1. The molecule has 0 saturated carbocycles. The Balaban J connectivity index is 1.58. The van der Waals surface area contributed by atoms with Gasteiger partial charge in [0.25, 0.3) is 0 Å². The first kappa shape index (κ1) is 29.8. The first-order valence-electron chi connectivity index (χ1n) is 14.0. The van der Waals surface area contributed by atoms with Gasteiger partial charge in [-0.05, 0) is 92.1 Å². The number of amides is 2. The number of halogens is 1. The van der Waals surface area contributed by atoms with Crippen molar-refractivity contribution in [2.45, 2.75) is 52.5 Å². The number of anilines is 1. The number of likely N-dealkylation sites (tertiary alicyclic amines) is 1. The molecule has 3 aromatic rings. The number of hydrogen-bond donors (Lipinski definition) is 1. The van der Waals surface area contributed by atoms with E-state index in [1.165, 1.54) is 0 Å². The number of nitriles is 1. The van der Waals surface area contributed by atoms with E-state index in [0.717, 1.165) is 47.5 Å². The molecular formula is C33H37ClN6O. The number of urea groups is 1. The van der Waals surface area contributed by atoms with Crippen molar-refractivity contribution in [3.63, 3.8) is 0 Å². The zero-order chi connectivity index (χ0) is 29.4. The van der Waals surface area contributed by atoms with Crippen LogP contribution in [0.5, 0.6) is 0 Å². The molecule has 0 spiro atoms. The van der Waals surface area contributed by atoms with Crippen molar-refractivity contribution in [1.82, 2.24) is 14.5 Å². The quantitative estimate of drug-likeness (QED) is 0.267. The highest BCUT2D eigenvalue weighted by Gasteiger charge is 2.33. The highest BCUT2D eigenvalue weighted by Crippen LogP contribution is 2.42. The second-order valence-electron chi connectivity index (χ2n) is 10.3. The molecule has 41 heavy (non-hydrogen) atoms. The number of aliphatic imine (C=N–C) groups is 1. The van der Waals surface area contributed by atoms with E-state index in [4.69, 9.17) is 21.9 Å². The summed E-state index contributed by atoms with van der Waals surface area (Å²) in [5, 5.41) is 12.7. The van der Waals surface area contributed by atoms with Gasteiger partial charge in [0, 0.05) is 60.6 Å². The molecule has 4 rings (SSSR count). The van der Waals surface area contributed by atoms with Gasteiger partial charge < -0.3 is 14.8 Å². The molecule has 1 saturated heterocycles. The largest absolute Gasteiger partial charge is 0.331 e. The maximum atomic E-state index is 13.0. The summed E-state index contributed by atoms with van der Waals surface area (Å²) in [6.45, 7) is 12.4. The van der Waals surface area contributed by atoms with Crippen molar-refractivity contribution < 1.29 is 4.79 Å². The standard InChI is InChI=1S/C33H37ClN6O/c1-5-15-37-31(6-2)32(29-12-9-27(34)20-30(29)23(3)22-40-19-16-36-24(40)4)26-13-17-39(18-14-26)33(41)38-28-10-7-25(21-35)8-11-28/h6-12,15-16,19-20,26,32H,3,5,13-14,17-18,22H2,1-2,4H3,(H,38,41)/b31-6-,37-15?. The van der Waals surface area contributed by atoms with Crippen molar-refractivity contribution in [1.29, 1.82) is 5.26 Å². The third kappa shape index (κ3) is 7.33. The second-order valence-corrected chi connectivity index (χ2v) is 10.7. The van der Waals surface area contributed by atoms with Crippen LogP contribution in [0.15, 0.2) is 78.2 Å². The lowest BCUT2D eigenvalue weighted by Crippen LogP contribution is -2.42. The Morgan fingerprint density at radius 1 is 1.27 bits per heavy atom. The van der Waals surface area contributed by atoms with Gasteiger partial charge in [-0.15, -0.1) is 0 Å². The zero-order valence-electron chi connectivity index (χ0n) is 24.0. The SMILES string of the molecule is C=C(Cn1ccnc1C)c1cc(Cl)ccc1C(/C(=C/C)N=CCC)C1CCN(C(=O)Nc2ccc(C#N)cc2)CC1. The van der Waals surface area contributed by atoms with Crippen molar-refractivity contribution in [2.75, 3.05) is 18.4 Å². The number of carbonyl (C=O) groups excluding carboxylic acids is 1. The van der Waals surface area contributed by atoms with Gasteiger partial charge in [-0.25, -0.2) is 9.78 Å².